The molecule has 0 spiro atoms. The van der Waals surface area contributed by atoms with E-state index >= 15 is 0 Å². The molecule has 1 aromatic carbocycles. The summed E-state index contributed by atoms with van der Waals surface area (Å²) in [4.78, 5) is 6.32. The van der Waals surface area contributed by atoms with Crippen LogP contribution < -0.4 is 10.2 Å². The predicted octanol–water partition coefficient (Wildman–Crippen LogP) is 3.24. The molecule has 20 heavy (non-hydrogen) atoms. The van der Waals surface area contributed by atoms with Gasteiger partial charge in [-0.2, -0.15) is 0 Å². The lowest BCUT2D eigenvalue weighted by atomic mass is 10.1. The fourth-order valence-electron chi connectivity index (χ4n) is 2.08. The Balaban J connectivity index is 1.98. The molecule has 4 heteroatoms. The molecule has 0 amide bonds. The van der Waals surface area contributed by atoms with Crippen molar-refractivity contribution in [2.24, 2.45) is 0 Å². The highest BCUT2D eigenvalue weighted by Crippen LogP contribution is 2.23. The van der Waals surface area contributed by atoms with E-state index in [9.17, 15) is 0 Å². The quantitative estimate of drug-likeness (QED) is 0.879. The summed E-state index contributed by atoms with van der Waals surface area (Å²) in [6, 6.07) is 10.7. The standard InChI is InChI=1S/C16H20BrN3/c1-18-12-14-3-4-15(11-16(14)17)20(2)10-7-13-5-8-19-9-6-13/h3-6,8-9,11,18H,7,10,12H2,1-2H3. The van der Waals surface area contributed by atoms with E-state index in [4.69, 9.17) is 0 Å². The first-order valence-electron chi connectivity index (χ1n) is 6.74. The van der Waals surface area contributed by atoms with Crippen LogP contribution in [0.4, 0.5) is 5.69 Å². The molecule has 0 atom stereocenters. The van der Waals surface area contributed by atoms with Gasteiger partial charge in [-0.1, -0.05) is 22.0 Å². The van der Waals surface area contributed by atoms with Crippen LogP contribution in [-0.2, 0) is 13.0 Å². The van der Waals surface area contributed by atoms with Crippen LogP contribution in [0.25, 0.3) is 0 Å². The molecule has 1 heterocycles. The van der Waals surface area contributed by atoms with Gasteiger partial charge in [-0.3, -0.25) is 4.98 Å². The minimum atomic E-state index is 0.877. The third kappa shape index (κ3) is 4.05. The molecule has 0 saturated carbocycles. The summed E-state index contributed by atoms with van der Waals surface area (Å²) in [6.45, 7) is 1.86. The van der Waals surface area contributed by atoms with Crippen molar-refractivity contribution in [1.82, 2.24) is 10.3 Å². The highest BCUT2D eigenvalue weighted by atomic mass is 79.9. The number of halogens is 1. The Hall–Kier alpha value is -1.39. The molecule has 0 bridgehead atoms. The van der Waals surface area contributed by atoms with Crippen LogP contribution in [0.3, 0.4) is 0 Å². The second-order valence-corrected chi connectivity index (χ2v) is 5.69. The van der Waals surface area contributed by atoms with Gasteiger partial charge in [0.15, 0.2) is 0 Å². The molecule has 0 aliphatic heterocycles. The van der Waals surface area contributed by atoms with Gasteiger partial charge < -0.3 is 10.2 Å². The molecule has 2 rings (SSSR count). The molecule has 2 aromatic rings. The first-order valence-corrected chi connectivity index (χ1v) is 7.53. The summed E-state index contributed by atoms with van der Waals surface area (Å²) in [5.41, 5.74) is 3.82. The highest BCUT2D eigenvalue weighted by molar-refractivity contribution is 9.10. The molecule has 0 fully saturated rings. The maximum atomic E-state index is 4.04. The number of likely N-dealkylation sites (N-methyl/N-ethyl adjacent to an activating group) is 1. The number of nitrogens with zero attached hydrogens (tertiary/aromatic N) is 2. The van der Waals surface area contributed by atoms with Crippen molar-refractivity contribution in [3.63, 3.8) is 0 Å². The molecule has 0 aliphatic carbocycles. The zero-order valence-electron chi connectivity index (χ0n) is 11.9. The van der Waals surface area contributed by atoms with Crippen LogP contribution in [0.5, 0.6) is 0 Å². The second kappa shape index (κ2) is 7.41. The monoisotopic (exact) mass is 333 g/mol. The Morgan fingerprint density at radius 3 is 2.60 bits per heavy atom. The van der Waals surface area contributed by atoms with Crippen LogP contribution in [0.2, 0.25) is 0 Å². The Labute approximate surface area is 129 Å². The number of pyridine rings is 1. The fraction of sp³-hybridized carbons (Fsp3) is 0.312. The van der Waals surface area contributed by atoms with E-state index in [0.717, 1.165) is 24.0 Å². The highest BCUT2D eigenvalue weighted by Gasteiger charge is 2.05. The molecule has 106 valence electrons. The average molecular weight is 334 g/mol. The average Bonchev–Trinajstić information content (AvgIpc) is 2.48. The number of anilines is 1. The molecule has 0 radical (unpaired) electrons. The molecular weight excluding hydrogens is 314 g/mol. The summed E-state index contributed by atoms with van der Waals surface area (Å²) in [6.07, 6.45) is 4.71. The summed E-state index contributed by atoms with van der Waals surface area (Å²) < 4.78 is 1.15. The second-order valence-electron chi connectivity index (χ2n) is 4.83. The van der Waals surface area contributed by atoms with Gasteiger partial charge in [-0.25, -0.2) is 0 Å². The van der Waals surface area contributed by atoms with Crippen LogP contribution in [0.1, 0.15) is 11.1 Å². The Bertz CT molecular complexity index is 543. The van der Waals surface area contributed by atoms with E-state index < -0.39 is 0 Å². The zero-order chi connectivity index (χ0) is 14.4. The van der Waals surface area contributed by atoms with Crippen LogP contribution >= 0.6 is 15.9 Å². The SMILES string of the molecule is CNCc1ccc(N(C)CCc2ccncc2)cc1Br. The van der Waals surface area contributed by atoms with Crippen LogP contribution in [0.15, 0.2) is 47.2 Å². The van der Waals surface area contributed by atoms with Crippen molar-refractivity contribution in [2.45, 2.75) is 13.0 Å². The van der Waals surface area contributed by atoms with E-state index in [-0.39, 0.29) is 0 Å². The lowest BCUT2D eigenvalue weighted by Gasteiger charge is -2.20. The topological polar surface area (TPSA) is 28.2 Å². The molecule has 1 N–H and O–H groups in total. The Morgan fingerprint density at radius 2 is 1.95 bits per heavy atom. The van der Waals surface area contributed by atoms with Crippen molar-refractivity contribution < 1.29 is 0 Å². The number of aromatic nitrogens is 1. The summed E-state index contributed by atoms with van der Waals surface area (Å²) in [5.74, 6) is 0. The maximum absolute atomic E-state index is 4.04. The summed E-state index contributed by atoms with van der Waals surface area (Å²) >= 11 is 3.64. The van der Waals surface area contributed by atoms with E-state index in [2.05, 4.69) is 68.5 Å². The van der Waals surface area contributed by atoms with E-state index in [1.54, 1.807) is 0 Å². The van der Waals surface area contributed by atoms with Crippen LogP contribution in [-0.4, -0.2) is 25.6 Å². The van der Waals surface area contributed by atoms with Gasteiger partial charge in [0.2, 0.25) is 0 Å². The molecule has 1 aromatic heterocycles. The first-order chi connectivity index (χ1) is 9.70. The normalized spacial score (nSPS) is 10.6. The van der Waals surface area contributed by atoms with Crippen molar-refractivity contribution in [1.29, 1.82) is 0 Å². The molecule has 3 nitrogen and oxygen atoms in total. The number of nitrogens with one attached hydrogen (secondary N) is 1. The van der Waals surface area contributed by atoms with Gasteiger partial charge >= 0.3 is 0 Å². The van der Waals surface area contributed by atoms with Gasteiger partial charge in [0.05, 0.1) is 0 Å². The molecule has 0 aliphatic rings. The lowest BCUT2D eigenvalue weighted by Crippen LogP contribution is -2.20. The Kier molecular flexibility index (Phi) is 5.56. The minimum absolute atomic E-state index is 0.877. The predicted molar refractivity (Wildman–Crippen MR) is 88.1 cm³/mol. The first kappa shape index (κ1) is 15.0. The lowest BCUT2D eigenvalue weighted by molar-refractivity contribution is 0.813. The van der Waals surface area contributed by atoms with Gasteiger partial charge in [-0.15, -0.1) is 0 Å². The molecule has 0 saturated heterocycles. The molecule has 0 unspecified atom stereocenters. The summed E-state index contributed by atoms with van der Waals surface area (Å²) in [5, 5.41) is 3.17. The summed E-state index contributed by atoms with van der Waals surface area (Å²) in [7, 11) is 4.09. The number of benzene rings is 1. The zero-order valence-corrected chi connectivity index (χ0v) is 13.5. The number of hydrogen-bond acceptors (Lipinski definition) is 3. The van der Waals surface area contributed by atoms with Crippen molar-refractivity contribution in [3.8, 4) is 0 Å². The third-order valence-corrected chi connectivity index (χ3v) is 4.07. The van der Waals surface area contributed by atoms with E-state index in [1.165, 1.54) is 16.8 Å². The number of hydrogen-bond donors (Lipinski definition) is 1. The third-order valence-electron chi connectivity index (χ3n) is 3.33. The smallest absolute Gasteiger partial charge is 0.0375 e. The Morgan fingerprint density at radius 1 is 1.20 bits per heavy atom. The van der Waals surface area contributed by atoms with Gasteiger partial charge in [-0.05, 0) is 48.9 Å². The van der Waals surface area contributed by atoms with Crippen molar-refractivity contribution in [2.75, 3.05) is 25.5 Å². The van der Waals surface area contributed by atoms with E-state index in [0.29, 0.717) is 0 Å². The minimum Gasteiger partial charge on any atom is -0.374 e. The van der Waals surface area contributed by atoms with Crippen molar-refractivity contribution >= 4 is 21.6 Å². The van der Waals surface area contributed by atoms with Crippen molar-refractivity contribution in [3.05, 3.63) is 58.3 Å². The number of rotatable bonds is 6. The maximum Gasteiger partial charge on any atom is 0.0375 e. The van der Waals surface area contributed by atoms with Crippen LogP contribution in [0, 0.1) is 0 Å². The van der Waals surface area contributed by atoms with Gasteiger partial charge in [0, 0.05) is 42.7 Å². The van der Waals surface area contributed by atoms with Gasteiger partial charge in [0.1, 0.15) is 0 Å². The largest absolute Gasteiger partial charge is 0.374 e. The molecular formula is C16H20BrN3. The van der Waals surface area contributed by atoms with E-state index in [1.807, 2.05) is 19.4 Å². The fourth-order valence-corrected chi connectivity index (χ4v) is 2.59. The van der Waals surface area contributed by atoms with Gasteiger partial charge in [0.25, 0.3) is 0 Å².